The van der Waals surface area contributed by atoms with Gasteiger partial charge in [0.25, 0.3) is 0 Å². The van der Waals surface area contributed by atoms with E-state index in [4.69, 9.17) is 0 Å². The first-order valence-corrected chi connectivity index (χ1v) is 7.59. The normalized spacial score (nSPS) is 17.9. The average molecular weight is 278 g/mol. The standard InChI is InChI=1S/C15H26N4O/c1-12-13(2)19(11-17-12)10-7-16-15(20)14(3)18-8-5-4-6-9-18/h11,14H,4-10H2,1-3H3,(H,16,20). The minimum absolute atomic E-state index is 0.0130. The molecule has 0 bridgehead atoms. The fourth-order valence-corrected chi connectivity index (χ4v) is 2.69. The molecule has 0 saturated carbocycles. The van der Waals surface area contributed by atoms with Gasteiger partial charge in [0.1, 0.15) is 0 Å². The van der Waals surface area contributed by atoms with Gasteiger partial charge < -0.3 is 9.88 Å². The molecule has 1 aliphatic heterocycles. The second-order valence-electron chi connectivity index (χ2n) is 5.67. The lowest BCUT2D eigenvalue weighted by molar-refractivity contribution is -0.126. The highest BCUT2D eigenvalue weighted by molar-refractivity contribution is 5.81. The molecular formula is C15H26N4O. The molecule has 2 rings (SSSR count). The number of imidazole rings is 1. The molecule has 1 atom stereocenters. The third-order valence-corrected chi connectivity index (χ3v) is 4.31. The summed E-state index contributed by atoms with van der Waals surface area (Å²) >= 11 is 0. The molecule has 1 saturated heterocycles. The average Bonchev–Trinajstić information content (AvgIpc) is 2.79. The monoisotopic (exact) mass is 278 g/mol. The van der Waals surface area contributed by atoms with Gasteiger partial charge in [0.2, 0.25) is 5.91 Å². The molecule has 1 fully saturated rings. The minimum Gasteiger partial charge on any atom is -0.353 e. The molecule has 0 aliphatic carbocycles. The van der Waals surface area contributed by atoms with Crippen molar-refractivity contribution in [2.45, 2.75) is 52.6 Å². The van der Waals surface area contributed by atoms with Gasteiger partial charge in [0, 0.05) is 18.8 Å². The number of aryl methyl sites for hydroxylation is 1. The minimum atomic E-state index is -0.0130. The number of nitrogens with one attached hydrogen (secondary N) is 1. The zero-order chi connectivity index (χ0) is 14.5. The Kier molecular flexibility index (Phi) is 5.17. The van der Waals surface area contributed by atoms with E-state index in [1.54, 1.807) is 0 Å². The fourth-order valence-electron chi connectivity index (χ4n) is 2.69. The number of carbonyl (C=O) groups is 1. The van der Waals surface area contributed by atoms with Crippen LogP contribution < -0.4 is 5.32 Å². The summed E-state index contributed by atoms with van der Waals surface area (Å²) in [7, 11) is 0. The number of piperidine rings is 1. The molecule has 20 heavy (non-hydrogen) atoms. The van der Waals surface area contributed by atoms with E-state index < -0.39 is 0 Å². The third-order valence-electron chi connectivity index (χ3n) is 4.31. The van der Waals surface area contributed by atoms with E-state index in [2.05, 4.69) is 26.7 Å². The Balaban J connectivity index is 1.75. The number of hydrogen-bond acceptors (Lipinski definition) is 3. The lowest BCUT2D eigenvalue weighted by atomic mass is 10.1. The lowest BCUT2D eigenvalue weighted by Gasteiger charge is -2.31. The van der Waals surface area contributed by atoms with Crippen molar-refractivity contribution in [1.82, 2.24) is 19.8 Å². The first kappa shape index (κ1) is 15.0. The molecule has 5 nitrogen and oxygen atoms in total. The summed E-state index contributed by atoms with van der Waals surface area (Å²) in [5.41, 5.74) is 2.22. The van der Waals surface area contributed by atoms with Crippen molar-refractivity contribution in [3.8, 4) is 0 Å². The van der Waals surface area contributed by atoms with Gasteiger partial charge in [-0.2, -0.15) is 0 Å². The summed E-state index contributed by atoms with van der Waals surface area (Å²) in [6.45, 7) is 9.61. The molecule has 2 heterocycles. The van der Waals surface area contributed by atoms with E-state index in [0.29, 0.717) is 6.54 Å². The maximum atomic E-state index is 12.1. The van der Waals surface area contributed by atoms with Crippen molar-refractivity contribution >= 4 is 5.91 Å². The Morgan fingerprint density at radius 1 is 1.35 bits per heavy atom. The van der Waals surface area contributed by atoms with Crippen LogP contribution in [0.4, 0.5) is 0 Å². The summed E-state index contributed by atoms with van der Waals surface area (Å²) in [4.78, 5) is 18.7. The van der Waals surface area contributed by atoms with E-state index in [-0.39, 0.29) is 11.9 Å². The third kappa shape index (κ3) is 3.60. The maximum Gasteiger partial charge on any atom is 0.237 e. The van der Waals surface area contributed by atoms with E-state index >= 15 is 0 Å². The second-order valence-corrected chi connectivity index (χ2v) is 5.67. The molecule has 1 aliphatic rings. The predicted octanol–water partition coefficient (Wildman–Crippen LogP) is 1.49. The molecule has 0 aromatic carbocycles. The van der Waals surface area contributed by atoms with Crippen molar-refractivity contribution in [1.29, 1.82) is 0 Å². The highest BCUT2D eigenvalue weighted by Crippen LogP contribution is 2.12. The Bertz CT molecular complexity index is 449. The Morgan fingerprint density at radius 3 is 2.65 bits per heavy atom. The SMILES string of the molecule is Cc1ncn(CCNC(=O)C(C)N2CCCCC2)c1C. The van der Waals surface area contributed by atoms with Gasteiger partial charge in [-0.05, 0) is 46.7 Å². The van der Waals surface area contributed by atoms with Crippen LogP contribution in [0.1, 0.15) is 37.6 Å². The summed E-state index contributed by atoms with van der Waals surface area (Å²) < 4.78 is 2.08. The van der Waals surface area contributed by atoms with Crippen molar-refractivity contribution in [2.75, 3.05) is 19.6 Å². The number of aromatic nitrogens is 2. The number of amides is 1. The van der Waals surface area contributed by atoms with E-state index in [9.17, 15) is 4.79 Å². The quantitative estimate of drug-likeness (QED) is 0.888. The summed E-state index contributed by atoms with van der Waals surface area (Å²) in [5.74, 6) is 0.140. The predicted molar refractivity (Wildman–Crippen MR) is 79.6 cm³/mol. The van der Waals surface area contributed by atoms with E-state index in [1.807, 2.05) is 20.2 Å². The Labute approximate surface area is 121 Å². The van der Waals surface area contributed by atoms with Crippen molar-refractivity contribution in [3.05, 3.63) is 17.7 Å². The zero-order valence-electron chi connectivity index (χ0n) is 12.9. The number of carbonyl (C=O) groups excluding carboxylic acids is 1. The van der Waals surface area contributed by atoms with Crippen molar-refractivity contribution in [2.24, 2.45) is 0 Å². The molecule has 0 radical (unpaired) electrons. The Morgan fingerprint density at radius 2 is 2.05 bits per heavy atom. The van der Waals surface area contributed by atoms with Crippen LogP contribution in [0.5, 0.6) is 0 Å². The topological polar surface area (TPSA) is 50.2 Å². The molecule has 1 N–H and O–H groups in total. The number of nitrogens with zero attached hydrogens (tertiary/aromatic N) is 3. The fraction of sp³-hybridized carbons (Fsp3) is 0.733. The van der Waals surface area contributed by atoms with E-state index in [1.165, 1.54) is 25.0 Å². The zero-order valence-corrected chi connectivity index (χ0v) is 12.9. The molecule has 5 heteroatoms. The van der Waals surface area contributed by atoms with Crippen LogP contribution in [-0.4, -0.2) is 46.0 Å². The van der Waals surface area contributed by atoms with E-state index in [0.717, 1.165) is 25.3 Å². The smallest absolute Gasteiger partial charge is 0.237 e. The van der Waals surface area contributed by atoms with Crippen LogP contribution in [0.3, 0.4) is 0 Å². The van der Waals surface area contributed by atoms with Gasteiger partial charge in [-0.3, -0.25) is 9.69 Å². The highest BCUT2D eigenvalue weighted by Gasteiger charge is 2.22. The largest absolute Gasteiger partial charge is 0.353 e. The first-order chi connectivity index (χ1) is 9.59. The molecule has 1 amide bonds. The number of rotatable bonds is 5. The molecule has 0 spiro atoms. The summed E-state index contributed by atoms with van der Waals surface area (Å²) in [5, 5.41) is 3.04. The number of hydrogen-bond donors (Lipinski definition) is 1. The van der Waals surface area contributed by atoms with Crippen LogP contribution in [0.2, 0.25) is 0 Å². The van der Waals surface area contributed by atoms with Crippen LogP contribution in [0, 0.1) is 13.8 Å². The van der Waals surface area contributed by atoms with Crippen LogP contribution in [0.25, 0.3) is 0 Å². The van der Waals surface area contributed by atoms with Crippen molar-refractivity contribution in [3.63, 3.8) is 0 Å². The molecule has 1 aromatic heterocycles. The second kappa shape index (κ2) is 6.88. The van der Waals surface area contributed by atoms with Gasteiger partial charge in [0.05, 0.1) is 18.1 Å². The summed E-state index contributed by atoms with van der Waals surface area (Å²) in [6.07, 6.45) is 5.56. The Hall–Kier alpha value is -1.36. The molecular weight excluding hydrogens is 252 g/mol. The van der Waals surface area contributed by atoms with Gasteiger partial charge in [0.15, 0.2) is 0 Å². The van der Waals surface area contributed by atoms with Gasteiger partial charge in [-0.15, -0.1) is 0 Å². The lowest BCUT2D eigenvalue weighted by Crippen LogP contribution is -2.47. The van der Waals surface area contributed by atoms with Gasteiger partial charge >= 0.3 is 0 Å². The van der Waals surface area contributed by atoms with Crippen LogP contribution in [-0.2, 0) is 11.3 Å². The molecule has 112 valence electrons. The highest BCUT2D eigenvalue weighted by atomic mass is 16.2. The molecule has 1 unspecified atom stereocenters. The van der Waals surface area contributed by atoms with Gasteiger partial charge in [-0.1, -0.05) is 6.42 Å². The number of likely N-dealkylation sites (tertiary alicyclic amines) is 1. The first-order valence-electron chi connectivity index (χ1n) is 7.59. The maximum absolute atomic E-state index is 12.1. The van der Waals surface area contributed by atoms with Gasteiger partial charge in [-0.25, -0.2) is 4.98 Å². The molecule has 1 aromatic rings. The summed E-state index contributed by atoms with van der Waals surface area (Å²) in [6, 6.07) is -0.0130. The van der Waals surface area contributed by atoms with Crippen LogP contribution >= 0.6 is 0 Å². The van der Waals surface area contributed by atoms with Crippen LogP contribution in [0.15, 0.2) is 6.33 Å². The van der Waals surface area contributed by atoms with Crippen molar-refractivity contribution < 1.29 is 4.79 Å².